The summed E-state index contributed by atoms with van der Waals surface area (Å²) in [5, 5.41) is 4.06. The first-order valence-corrected chi connectivity index (χ1v) is 12.4. The zero-order chi connectivity index (χ0) is 25.9. The van der Waals surface area contributed by atoms with Crippen molar-refractivity contribution in [2.45, 2.75) is 64.1 Å². The van der Waals surface area contributed by atoms with Gasteiger partial charge in [0.1, 0.15) is 11.5 Å². The average Bonchev–Trinajstić information content (AvgIpc) is 3.54. The molecule has 2 N–H and O–H groups in total. The molecule has 0 bridgehead atoms. The Morgan fingerprint density at radius 1 is 1.30 bits per heavy atom. The highest BCUT2D eigenvalue weighted by molar-refractivity contribution is 5.98. The molecule has 4 aromatic heterocycles. The topological polar surface area (TPSA) is 114 Å². The van der Waals surface area contributed by atoms with E-state index in [0.29, 0.717) is 51.8 Å². The fraction of sp³-hybridized carbons (Fsp3) is 0.480. The lowest BCUT2D eigenvalue weighted by Gasteiger charge is -2.51. The van der Waals surface area contributed by atoms with Crippen LogP contribution in [0.5, 0.6) is 5.88 Å². The molecule has 0 aromatic carbocycles. The number of ether oxygens (including phenoxy) is 1. The average molecular weight is 511 g/mol. The van der Waals surface area contributed by atoms with Gasteiger partial charge in [0, 0.05) is 48.1 Å². The minimum absolute atomic E-state index is 0.125. The van der Waals surface area contributed by atoms with Gasteiger partial charge in [-0.1, -0.05) is 0 Å². The molecule has 1 saturated heterocycles. The number of aromatic amines is 1. The van der Waals surface area contributed by atoms with E-state index >= 15 is 0 Å². The lowest BCUT2D eigenvalue weighted by Crippen LogP contribution is -2.59. The highest BCUT2D eigenvalue weighted by Crippen LogP contribution is 2.42. The summed E-state index contributed by atoms with van der Waals surface area (Å²) in [6, 6.07) is 1.95. The van der Waals surface area contributed by atoms with Crippen LogP contribution in [0.15, 0.2) is 18.5 Å². The van der Waals surface area contributed by atoms with Crippen LogP contribution in [-0.2, 0) is 11.3 Å². The number of imidazole rings is 1. The van der Waals surface area contributed by atoms with Crippen molar-refractivity contribution in [1.29, 1.82) is 0 Å². The van der Waals surface area contributed by atoms with Crippen LogP contribution in [0.3, 0.4) is 0 Å². The standard InChI is InChI=1S/C25H28F2N8O2/c1-13-30-21-17(34(13)12-18(26)27)7-14(10-28-21)16-11-29-22-20(16)23(37-3)33-24(32-22)31-15-8-25(2,9-15)35-6-4-5-19(35)36/h7,10-11,15,18H,4-6,8-9,12H2,1-3H3,(H2,29,31,32,33). The zero-order valence-electron chi connectivity index (χ0n) is 20.9. The number of alkyl halides is 2. The molecule has 5 heterocycles. The molecule has 4 aromatic rings. The van der Waals surface area contributed by atoms with Crippen LogP contribution in [0.25, 0.3) is 33.3 Å². The number of hydrogen-bond acceptors (Lipinski definition) is 7. The molecule has 10 nitrogen and oxygen atoms in total. The number of hydrogen-bond donors (Lipinski definition) is 2. The fourth-order valence-corrected chi connectivity index (χ4v) is 5.80. The van der Waals surface area contributed by atoms with Crippen molar-refractivity contribution in [2.75, 3.05) is 19.0 Å². The second-order valence-electron chi connectivity index (χ2n) is 10.1. The maximum Gasteiger partial charge on any atom is 0.256 e. The minimum Gasteiger partial charge on any atom is -0.480 e. The van der Waals surface area contributed by atoms with Crippen LogP contribution in [-0.4, -0.2) is 72.0 Å². The van der Waals surface area contributed by atoms with Crippen LogP contribution in [0.1, 0.15) is 38.4 Å². The van der Waals surface area contributed by atoms with E-state index in [1.165, 1.54) is 4.57 Å². The molecule has 6 rings (SSSR count). The summed E-state index contributed by atoms with van der Waals surface area (Å²) in [6.07, 6.45) is 4.16. The van der Waals surface area contributed by atoms with Crippen LogP contribution in [0.2, 0.25) is 0 Å². The number of rotatable bonds is 7. The van der Waals surface area contributed by atoms with Crippen LogP contribution >= 0.6 is 0 Å². The van der Waals surface area contributed by atoms with Gasteiger partial charge in [0.25, 0.3) is 6.43 Å². The molecular weight excluding hydrogens is 482 g/mol. The maximum absolute atomic E-state index is 13.2. The molecule has 0 atom stereocenters. The lowest BCUT2D eigenvalue weighted by atomic mass is 9.73. The van der Waals surface area contributed by atoms with Crippen molar-refractivity contribution in [3.63, 3.8) is 0 Å². The van der Waals surface area contributed by atoms with Crippen LogP contribution in [0, 0.1) is 6.92 Å². The molecule has 0 unspecified atom stereocenters. The first kappa shape index (κ1) is 23.6. The third-order valence-electron chi connectivity index (χ3n) is 7.55. The summed E-state index contributed by atoms with van der Waals surface area (Å²) < 4.78 is 33.4. The summed E-state index contributed by atoms with van der Waals surface area (Å²) in [4.78, 5) is 35.3. The molecule has 0 radical (unpaired) electrons. The molecule has 0 spiro atoms. The quantitative estimate of drug-likeness (QED) is 0.388. The number of carbonyl (C=O) groups excluding carboxylic acids is 1. The van der Waals surface area contributed by atoms with Gasteiger partial charge in [-0.3, -0.25) is 4.79 Å². The van der Waals surface area contributed by atoms with Gasteiger partial charge in [-0.2, -0.15) is 9.97 Å². The van der Waals surface area contributed by atoms with E-state index in [4.69, 9.17) is 4.74 Å². The Balaban J connectivity index is 1.29. The van der Waals surface area contributed by atoms with Gasteiger partial charge in [-0.15, -0.1) is 0 Å². The number of methoxy groups -OCH3 is 1. The first-order chi connectivity index (χ1) is 17.8. The SMILES string of the molecule is COc1nc(NC2CC(C)(N3CCCC3=O)C2)nc2[nH]cc(-c3cnc4nc(C)n(CC(F)F)c4c3)c12. The smallest absolute Gasteiger partial charge is 0.256 e. The van der Waals surface area contributed by atoms with E-state index < -0.39 is 13.0 Å². The third kappa shape index (κ3) is 3.94. The van der Waals surface area contributed by atoms with Crippen molar-refractivity contribution in [1.82, 2.24) is 34.4 Å². The maximum atomic E-state index is 13.2. The largest absolute Gasteiger partial charge is 0.480 e. The van der Waals surface area contributed by atoms with Crippen molar-refractivity contribution >= 4 is 34.1 Å². The van der Waals surface area contributed by atoms with E-state index in [2.05, 4.69) is 37.2 Å². The normalized spacial score (nSPS) is 21.8. The molecule has 1 amide bonds. The number of pyridine rings is 1. The third-order valence-corrected chi connectivity index (χ3v) is 7.55. The number of amides is 1. The van der Waals surface area contributed by atoms with Crippen molar-refractivity contribution in [3.05, 3.63) is 24.3 Å². The molecular formula is C25H28F2N8O2. The predicted octanol–water partition coefficient (Wildman–Crippen LogP) is 3.91. The molecule has 2 aliphatic rings. The molecule has 194 valence electrons. The van der Waals surface area contributed by atoms with E-state index in [1.807, 2.05) is 4.90 Å². The van der Waals surface area contributed by atoms with E-state index in [0.717, 1.165) is 31.4 Å². The van der Waals surface area contributed by atoms with Gasteiger partial charge in [-0.05, 0) is 39.2 Å². The summed E-state index contributed by atoms with van der Waals surface area (Å²) in [6.45, 7) is 4.20. The number of likely N-dealkylation sites (tertiary alicyclic amines) is 1. The number of aromatic nitrogens is 6. The number of carbonyl (C=O) groups is 1. The lowest BCUT2D eigenvalue weighted by molar-refractivity contribution is -0.136. The number of H-pyrrole nitrogens is 1. The molecule has 37 heavy (non-hydrogen) atoms. The van der Waals surface area contributed by atoms with Crippen molar-refractivity contribution in [2.24, 2.45) is 0 Å². The Morgan fingerprint density at radius 2 is 2.11 bits per heavy atom. The second-order valence-corrected chi connectivity index (χ2v) is 10.1. The van der Waals surface area contributed by atoms with Gasteiger partial charge in [0.15, 0.2) is 5.65 Å². The Kier molecular flexibility index (Phi) is 5.50. The zero-order valence-corrected chi connectivity index (χ0v) is 20.9. The van der Waals surface area contributed by atoms with Gasteiger partial charge < -0.3 is 24.5 Å². The van der Waals surface area contributed by atoms with E-state index in [-0.39, 0.29) is 17.5 Å². The minimum atomic E-state index is -2.50. The number of anilines is 1. The number of fused-ring (bicyclic) bond motifs is 2. The van der Waals surface area contributed by atoms with Gasteiger partial charge >= 0.3 is 0 Å². The Hall–Kier alpha value is -3.83. The van der Waals surface area contributed by atoms with E-state index in [9.17, 15) is 13.6 Å². The highest BCUT2D eigenvalue weighted by Gasteiger charge is 2.48. The summed E-state index contributed by atoms with van der Waals surface area (Å²) in [5.74, 6) is 1.55. The number of aryl methyl sites for hydroxylation is 1. The van der Waals surface area contributed by atoms with Crippen LogP contribution in [0.4, 0.5) is 14.7 Å². The predicted molar refractivity (Wildman–Crippen MR) is 134 cm³/mol. The Bertz CT molecular complexity index is 1510. The van der Waals surface area contributed by atoms with Crippen molar-refractivity contribution < 1.29 is 18.3 Å². The van der Waals surface area contributed by atoms with Gasteiger partial charge in [-0.25, -0.2) is 18.7 Å². The molecule has 1 aliphatic carbocycles. The first-order valence-electron chi connectivity index (χ1n) is 12.4. The fourth-order valence-electron chi connectivity index (χ4n) is 5.80. The molecule has 1 aliphatic heterocycles. The summed E-state index contributed by atoms with van der Waals surface area (Å²) in [7, 11) is 1.55. The Morgan fingerprint density at radius 3 is 2.81 bits per heavy atom. The highest BCUT2D eigenvalue weighted by atomic mass is 19.3. The van der Waals surface area contributed by atoms with E-state index in [1.54, 1.807) is 32.5 Å². The molecule has 1 saturated carbocycles. The van der Waals surface area contributed by atoms with Gasteiger partial charge in [0.05, 0.1) is 24.6 Å². The summed E-state index contributed by atoms with van der Waals surface area (Å²) in [5.41, 5.74) is 2.87. The monoisotopic (exact) mass is 510 g/mol. The second kappa shape index (κ2) is 8.63. The molecule has 12 heteroatoms. The Labute approximate surface area is 211 Å². The summed E-state index contributed by atoms with van der Waals surface area (Å²) >= 11 is 0. The van der Waals surface area contributed by atoms with Crippen LogP contribution < -0.4 is 10.1 Å². The van der Waals surface area contributed by atoms with Gasteiger partial charge in [0.2, 0.25) is 17.7 Å². The molecule has 2 fully saturated rings. The number of halogens is 2. The van der Waals surface area contributed by atoms with Crippen molar-refractivity contribution in [3.8, 4) is 17.0 Å². The number of nitrogens with zero attached hydrogens (tertiary/aromatic N) is 6. The number of nitrogens with one attached hydrogen (secondary N) is 2.